The van der Waals surface area contributed by atoms with Crippen LogP contribution in [0.1, 0.15) is 40.0 Å². The maximum atomic E-state index is 5.50. The Labute approximate surface area is 160 Å². The first kappa shape index (κ1) is 21.5. The van der Waals surface area contributed by atoms with Crippen LogP contribution in [0.4, 0.5) is 0 Å². The molecule has 0 spiro atoms. The Kier molecular flexibility index (Phi) is 9.72. The number of ether oxygens (including phenoxy) is 1. The number of likely N-dealkylation sites (tertiary alicyclic amines) is 1. The summed E-state index contributed by atoms with van der Waals surface area (Å²) in [6, 6.07) is 0.521. The van der Waals surface area contributed by atoms with Gasteiger partial charge >= 0.3 is 0 Å². The second kappa shape index (κ2) is 11.8. The van der Waals surface area contributed by atoms with Crippen molar-refractivity contribution in [1.82, 2.24) is 20.4 Å². The second-order valence-electron chi connectivity index (χ2n) is 8.24. The van der Waals surface area contributed by atoms with E-state index in [9.17, 15) is 0 Å². The van der Waals surface area contributed by atoms with Crippen molar-refractivity contribution in [3.8, 4) is 0 Å². The molecule has 152 valence electrons. The van der Waals surface area contributed by atoms with E-state index in [1.165, 1.54) is 38.9 Å². The van der Waals surface area contributed by atoms with Crippen LogP contribution in [0, 0.1) is 11.8 Å². The minimum atomic E-state index is 0.521. The molecule has 2 unspecified atom stereocenters. The van der Waals surface area contributed by atoms with Crippen molar-refractivity contribution in [1.29, 1.82) is 0 Å². The molecule has 0 aromatic rings. The van der Waals surface area contributed by atoms with Crippen LogP contribution in [0.15, 0.2) is 4.99 Å². The van der Waals surface area contributed by atoms with E-state index >= 15 is 0 Å². The highest BCUT2D eigenvalue weighted by atomic mass is 16.5. The number of aliphatic imine (C=N–C) groups is 1. The van der Waals surface area contributed by atoms with Crippen LogP contribution in [0.3, 0.4) is 0 Å². The number of hydrogen-bond acceptors (Lipinski definition) is 4. The van der Waals surface area contributed by atoms with Crippen LogP contribution in [0.2, 0.25) is 0 Å². The van der Waals surface area contributed by atoms with E-state index in [-0.39, 0.29) is 0 Å². The summed E-state index contributed by atoms with van der Waals surface area (Å²) in [5.41, 5.74) is 0. The summed E-state index contributed by atoms with van der Waals surface area (Å²) in [5.74, 6) is 2.40. The number of hydrogen-bond donors (Lipinski definition) is 2. The van der Waals surface area contributed by atoms with Gasteiger partial charge in [-0.1, -0.05) is 20.8 Å². The van der Waals surface area contributed by atoms with Gasteiger partial charge in [0.25, 0.3) is 0 Å². The third-order valence-electron chi connectivity index (χ3n) is 5.67. The van der Waals surface area contributed by atoms with Gasteiger partial charge in [0.15, 0.2) is 5.96 Å². The lowest BCUT2D eigenvalue weighted by molar-refractivity contribution is 0.00752. The van der Waals surface area contributed by atoms with Crippen molar-refractivity contribution in [2.75, 3.05) is 66.1 Å². The average molecular weight is 368 g/mol. The van der Waals surface area contributed by atoms with E-state index in [2.05, 4.69) is 46.2 Å². The molecule has 6 heteroatoms. The minimum Gasteiger partial charge on any atom is -0.379 e. The van der Waals surface area contributed by atoms with Gasteiger partial charge in [-0.15, -0.1) is 0 Å². The molecular weight excluding hydrogens is 326 g/mol. The monoisotopic (exact) mass is 367 g/mol. The van der Waals surface area contributed by atoms with Crippen LogP contribution >= 0.6 is 0 Å². The molecule has 2 aliphatic rings. The molecule has 0 saturated carbocycles. The summed E-state index contributed by atoms with van der Waals surface area (Å²) in [6.07, 6.45) is 3.92. The average Bonchev–Trinajstić information content (AvgIpc) is 2.64. The zero-order chi connectivity index (χ0) is 18.8. The van der Waals surface area contributed by atoms with Crippen molar-refractivity contribution in [3.05, 3.63) is 0 Å². The van der Waals surface area contributed by atoms with E-state index in [4.69, 9.17) is 4.74 Å². The lowest BCUT2D eigenvalue weighted by atomic mass is 10.0. The van der Waals surface area contributed by atoms with Gasteiger partial charge in [-0.2, -0.15) is 0 Å². The van der Waals surface area contributed by atoms with E-state index in [1.807, 2.05) is 7.05 Å². The van der Waals surface area contributed by atoms with Crippen LogP contribution < -0.4 is 10.6 Å². The first-order valence-electron chi connectivity index (χ1n) is 10.6. The summed E-state index contributed by atoms with van der Waals surface area (Å²) in [4.78, 5) is 9.56. The fourth-order valence-electron chi connectivity index (χ4n) is 4.12. The highest BCUT2D eigenvalue weighted by Gasteiger charge is 2.23. The molecule has 6 nitrogen and oxygen atoms in total. The Morgan fingerprint density at radius 2 is 1.96 bits per heavy atom. The molecule has 2 atom stereocenters. The molecule has 2 heterocycles. The smallest absolute Gasteiger partial charge is 0.191 e. The summed E-state index contributed by atoms with van der Waals surface area (Å²) in [5, 5.41) is 7.02. The molecule has 0 bridgehead atoms. The molecular formula is C20H41N5O. The molecule has 0 radical (unpaired) electrons. The first-order valence-corrected chi connectivity index (χ1v) is 10.6. The summed E-state index contributed by atoms with van der Waals surface area (Å²) in [7, 11) is 1.86. The highest BCUT2D eigenvalue weighted by Crippen LogP contribution is 2.15. The molecule has 2 N–H and O–H groups in total. The van der Waals surface area contributed by atoms with Gasteiger partial charge in [0, 0.05) is 45.8 Å². The molecule has 2 aliphatic heterocycles. The molecule has 26 heavy (non-hydrogen) atoms. The van der Waals surface area contributed by atoms with Gasteiger partial charge in [0.1, 0.15) is 0 Å². The van der Waals surface area contributed by atoms with Crippen LogP contribution in [0.5, 0.6) is 0 Å². The normalized spacial score (nSPS) is 24.7. The van der Waals surface area contributed by atoms with Crippen LogP contribution in [0.25, 0.3) is 0 Å². The number of nitrogens with one attached hydrogen (secondary N) is 2. The zero-order valence-electron chi connectivity index (χ0n) is 17.5. The Balaban J connectivity index is 1.65. The van der Waals surface area contributed by atoms with Crippen molar-refractivity contribution in [3.63, 3.8) is 0 Å². The maximum Gasteiger partial charge on any atom is 0.191 e. The third-order valence-corrected chi connectivity index (χ3v) is 5.67. The molecule has 0 aromatic heterocycles. The van der Waals surface area contributed by atoms with Gasteiger partial charge in [0.05, 0.1) is 13.2 Å². The quantitative estimate of drug-likeness (QED) is 0.388. The number of rotatable bonds is 8. The number of piperidine rings is 1. The topological polar surface area (TPSA) is 52.1 Å². The molecule has 2 rings (SSSR count). The standard InChI is InChI=1S/C20H41N5O/c1-17(2)19(25-11-13-26-14-12-25)15-23-20(21-4)22-8-6-10-24-9-5-7-18(3)16-24/h17-19H,5-16H2,1-4H3,(H2,21,22,23). The van der Waals surface area contributed by atoms with Gasteiger partial charge in [-0.3, -0.25) is 9.89 Å². The van der Waals surface area contributed by atoms with Gasteiger partial charge in [-0.05, 0) is 44.2 Å². The van der Waals surface area contributed by atoms with E-state index < -0.39 is 0 Å². The van der Waals surface area contributed by atoms with Crippen molar-refractivity contribution in [2.24, 2.45) is 16.8 Å². The number of morpholine rings is 1. The maximum absolute atomic E-state index is 5.50. The van der Waals surface area contributed by atoms with E-state index in [0.29, 0.717) is 12.0 Å². The summed E-state index contributed by atoms with van der Waals surface area (Å²) < 4.78 is 5.50. The van der Waals surface area contributed by atoms with Gasteiger partial charge < -0.3 is 20.3 Å². The van der Waals surface area contributed by atoms with Crippen molar-refractivity contribution in [2.45, 2.75) is 46.1 Å². The van der Waals surface area contributed by atoms with E-state index in [0.717, 1.165) is 51.3 Å². The van der Waals surface area contributed by atoms with E-state index in [1.54, 1.807) is 0 Å². The van der Waals surface area contributed by atoms with Crippen LogP contribution in [-0.2, 0) is 4.74 Å². The minimum absolute atomic E-state index is 0.521. The largest absolute Gasteiger partial charge is 0.379 e. The molecule has 0 aromatic carbocycles. The summed E-state index contributed by atoms with van der Waals surface area (Å²) in [6.45, 7) is 16.4. The Morgan fingerprint density at radius 3 is 2.62 bits per heavy atom. The molecule has 2 saturated heterocycles. The number of guanidine groups is 1. The lowest BCUT2D eigenvalue weighted by Gasteiger charge is -2.37. The fraction of sp³-hybridized carbons (Fsp3) is 0.950. The lowest BCUT2D eigenvalue weighted by Crippen LogP contribution is -2.52. The van der Waals surface area contributed by atoms with Crippen molar-refractivity contribution < 1.29 is 4.74 Å². The van der Waals surface area contributed by atoms with Gasteiger partial charge in [-0.25, -0.2) is 0 Å². The highest BCUT2D eigenvalue weighted by molar-refractivity contribution is 5.79. The Bertz CT molecular complexity index is 409. The molecule has 2 fully saturated rings. The Hall–Kier alpha value is -0.850. The Morgan fingerprint density at radius 1 is 1.19 bits per heavy atom. The van der Waals surface area contributed by atoms with Crippen LogP contribution in [-0.4, -0.2) is 87.9 Å². The summed E-state index contributed by atoms with van der Waals surface area (Å²) >= 11 is 0. The zero-order valence-corrected chi connectivity index (χ0v) is 17.5. The van der Waals surface area contributed by atoms with Gasteiger partial charge in [0.2, 0.25) is 0 Å². The predicted octanol–water partition coefficient (Wildman–Crippen LogP) is 1.63. The fourth-order valence-corrected chi connectivity index (χ4v) is 4.12. The third kappa shape index (κ3) is 7.41. The number of nitrogens with zero attached hydrogens (tertiary/aromatic N) is 3. The van der Waals surface area contributed by atoms with Crippen molar-refractivity contribution >= 4 is 5.96 Å². The predicted molar refractivity (Wildman–Crippen MR) is 110 cm³/mol. The SMILES string of the molecule is CN=C(NCCCN1CCCC(C)C1)NCC(C(C)C)N1CCOCC1. The first-order chi connectivity index (χ1) is 12.6. The molecule has 0 aliphatic carbocycles. The second-order valence-corrected chi connectivity index (χ2v) is 8.24. The molecule has 0 amide bonds.